The van der Waals surface area contributed by atoms with Crippen LogP contribution in [-0.4, -0.2) is 28.1 Å². The van der Waals surface area contributed by atoms with Crippen LogP contribution in [0.15, 0.2) is 30.3 Å². The fourth-order valence-corrected chi connectivity index (χ4v) is 3.43. The molecule has 27 heavy (non-hydrogen) atoms. The first-order valence-corrected chi connectivity index (χ1v) is 9.64. The van der Waals surface area contributed by atoms with E-state index in [-0.39, 0.29) is 24.2 Å². The molecule has 0 saturated carbocycles. The highest BCUT2D eigenvalue weighted by molar-refractivity contribution is 6.03. The van der Waals surface area contributed by atoms with Crippen molar-refractivity contribution in [3.63, 3.8) is 0 Å². The highest BCUT2D eigenvalue weighted by Gasteiger charge is 2.35. The van der Waals surface area contributed by atoms with Crippen molar-refractivity contribution in [3.8, 4) is 0 Å². The monoisotopic (exact) mass is 368 g/mol. The second-order valence-electron chi connectivity index (χ2n) is 7.53. The van der Waals surface area contributed by atoms with Crippen LogP contribution in [-0.2, 0) is 16.1 Å². The van der Waals surface area contributed by atoms with E-state index in [0.717, 1.165) is 24.3 Å². The second-order valence-corrected chi connectivity index (χ2v) is 7.53. The maximum Gasteiger partial charge on any atom is 0.230 e. The highest BCUT2D eigenvalue weighted by Crippen LogP contribution is 2.27. The summed E-state index contributed by atoms with van der Waals surface area (Å²) < 4.78 is 1.81. The van der Waals surface area contributed by atoms with Crippen molar-refractivity contribution in [2.45, 2.75) is 53.0 Å². The average Bonchev–Trinajstić information content (AvgIpc) is 3.18. The third-order valence-corrected chi connectivity index (χ3v) is 4.96. The van der Waals surface area contributed by atoms with Crippen LogP contribution in [0.3, 0.4) is 0 Å². The molecule has 1 saturated heterocycles. The minimum atomic E-state index is -0.354. The number of aromatic nitrogens is 2. The molecule has 1 aromatic heterocycles. The lowest BCUT2D eigenvalue weighted by Gasteiger charge is -2.18. The Hall–Kier alpha value is -2.63. The number of aryl methyl sites for hydroxylation is 2. The van der Waals surface area contributed by atoms with Crippen molar-refractivity contribution in [2.24, 2.45) is 5.92 Å². The van der Waals surface area contributed by atoms with Gasteiger partial charge in [0.2, 0.25) is 11.8 Å². The molecule has 0 bridgehead atoms. The average molecular weight is 368 g/mol. The van der Waals surface area contributed by atoms with Crippen LogP contribution < -0.4 is 10.2 Å². The molecule has 2 amide bonds. The van der Waals surface area contributed by atoms with Crippen LogP contribution in [0.25, 0.3) is 0 Å². The quantitative estimate of drug-likeness (QED) is 0.845. The van der Waals surface area contributed by atoms with Gasteiger partial charge in [-0.05, 0) is 37.0 Å². The maximum absolute atomic E-state index is 12.7. The largest absolute Gasteiger partial charge is 0.312 e. The molecular weight excluding hydrogens is 340 g/mol. The Bertz CT molecular complexity index is 823. The number of hydrogen-bond acceptors (Lipinski definition) is 3. The maximum atomic E-state index is 12.7. The zero-order valence-corrected chi connectivity index (χ0v) is 16.5. The number of nitrogens with one attached hydrogen (secondary N) is 1. The van der Waals surface area contributed by atoms with Crippen LogP contribution in [0.1, 0.15) is 50.8 Å². The summed E-state index contributed by atoms with van der Waals surface area (Å²) in [7, 11) is 0. The Balaban J connectivity index is 1.68. The summed E-state index contributed by atoms with van der Waals surface area (Å²) in [6, 6.07) is 9.90. The summed E-state index contributed by atoms with van der Waals surface area (Å²) >= 11 is 0. The molecule has 0 radical (unpaired) electrons. The first-order chi connectivity index (χ1) is 12.9. The molecular formula is C21H28N4O2. The molecule has 6 nitrogen and oxygen atoms in total. The smallest absolute Gasteiger partial charge is 0.230 e. The fraction of sp³-hybridized carbons (Fsp3) is 0.476. The van der Waals surface area contributed by atoms with Gasteiger partial charge in [0.05, 0.1) is 11.6 Å². The van der Waals surface area contributed by atoms with E-state index in [4.69, 9.17) is 0 Å². The molecule has 1 atom stereocenters. The van der Waals surface area contributed by atoms with Crippen molar-refractivity contribution in [3.05, 3.63) is 41.6 Å². The molecule has 0 aliphatic carbocycles. The minimum Gasteiger partial charge on any atom is -0.312 e. The zero-order chi connectivity index (χ0) is 19.6. The molecule has 2 aromatic rings. The molecule has 1 N–H and O–H groups in total. The number of benzene rings is 1. The summed E-state index contributed by atoms with van der Waals surface area (Å²) in [6.45, 7) is 9.42. The first-order valence-electron chi connectivity index (χ1n) is 9.64. The third kappa shape index (κ3) is 4.21. The molecule has 1 unspecified atom stereocenters. The van der Waals surface area contributed by atoms with Crippen LogP contribution in [0.4, 0.5) is 11.5 Å². The Morgan fingerprint density at radius 3 is 2.63 bits per heavy atom. The van der Waals surface area contributed by atoms with Gasteiger partial charge in [-0.1, -0.05) is 32.9 Å². The number of amides is 2. The lowest BCUT2D eigenvalue weighted by Crippen LogP contribution is -2.28. The van der Waals surface area contributed by atoms with Crippen molar-refractivity contribution in [1.29, 1.82) is 0 Å². The van der Waals surface area contributed by atoms with Gasteiger partial charge < -0.3 is 10.2 Å². The van der Waals surface area contributed by atoms with E-state index in [1.807, 2.05) is 41.9 Å². The summed E-state index contributed by atoms with van der Waals surface area (Å²) in [5, 5.41) is 7.36. The first kappa shape index (κ1) is 19.1. The van der Waals surface area contributed by atoms with Crippen molar-refractivity contribution >= 4 is 23.3 Å². The lowest BCUT2D eigenvalue weighted by molar-refractivity contribution is -0.122. The van der Waals surface area contributed by atoms with Gasteiger partial charge in [-0.15, -0.1) is 0 Å². The lowest BCUT2D eigenvalue weighted by atomic mass is 10.0. The molecule has 1 aromatic carbocycles. The van der Waals surface area contributed by atoms with Gasteiger partial charge in [-0.25, -0.2) is 4.68 Å². The molecule has 6 heteroatoms. The Morgan fingerprint density at radius 1 is 1.30 bits per heavy atom. The topological polar surface area (TPSA) is 67.2 Å². The van der Waals surface area contributed by atoms with E-state index in [1.165, 1.54) is 5.56 Å². The van der Waals surface area contributed by atoms with Gasteiger partial charge in [0, 0.05) is 31.3 Å². The minimum absolute atomic E-state index is 0.00862. The van der Waals surface area contributed by atoms with Gasteiger partial charge >= 0.3 is 0 Å². The summed E-state index contributed by atoms with van der Waals surface area (Å²) in [6.07, 6.45) is 1.17. The second kappa shape index (κ2) is 7.94. The van der Waals surface area contributed by atoms with E-state index in [2.05, 4.69) is 31.2 Å². The number of carbonyl (C=O) groups excluding carboxylic acids is 2. The normalized spacial score (nSPS) is 17.0. The van der Waals surface area contributed by atoms with Crippen LogP contribution in [0.2, 0.25) is 0 Å². The highest BCUT2D eigenvalue weighted by atomic mass is 16.2. The number of carbonyl (C=O) groups is 2. The van der Waals surface area contributed by atoms with E-state index >= 15 is 0 Å². The summed E-state index contributed by atoms with van der Waals surface area (Å²) in [4.78, 5) is 26.9. The summed E-state index contributed by atoms with van der Waals surface area (Å²) in [5.74, 6) is 0.662. The molecule has 1 aliphatic heterocycles. The Labute approximate surface area is 160 Å². The molecule has 1 aliphatic rings. The van der Waals surface area contributed by atoms with E-state index < -0.39 is 0 Å². The fourth-order valence-electron chi connectivity index (χ4n) is 3.43. The van der Waals surface area contributed by atoms with E-state index in [1.54, 1.807) is 4.90 Å². The molecule has 3 rings (SSSR count). The van der Waals surface area contributed by atoms with Crippen molar-refractivity contribution in [1.82, 2.24) is 9.78 Å². The SMILES string of the molecule is CCCn1nc(C)cc1NC(=O)C1CC(=O)N(c2ccc(C(C)C)cc2)C1. The predicted octanol–water partition coefficient (Wildman–Crippen LogP) is 3.72. The van der Waals surface area contributed by atoms with Gasteiger partial charge in [-0.3, -0.25) is 9.59 Å². The number of rotatable bonds is 6. The molecule has 144 valence electrons. The Kier molecular flexibility index (Phi) is 5.63. The standard InChI is InChI=1S/C21H28N4O2/c1-5-10-25-19(11-15(4)23-25)22-21(27)17-12-20(26)24(13-17)18-8-6-16(7-9-18)14(2)3/h6-9,11,14,17H,5,10,12-13H2,1-4H3,(H,22,27). The van der Waals surface area contributed by atoms with Crippen molar-refractivity contribution in [2.75, 3.05) is 16.8 Å². The van der Waals surface area contributed by atoms with Gasteiger partial charge in [0.1, 0.15) is 5.82 Å². The predicted molar refractivity (Wildman–Crippen MR) is 107 cm³/mol. The third-order valence-electron chi connectivity index (χ3n) is 4.96. The number of hydrogen-bond donors (Lipinski definition) is 1. The Morgan fingerprint density at radius 2 is 2.00 bits per heavy atom. The van der Waals surface area contributed by atoms with Crippen LogP contribution >= 0.6 is 0 Å². The molecule has 1 fully saturated rings. The number of nitrogens with zero attached hydrogens (tertiary/aromatic N) is 3. The molecule has 0 spiro atoms. The van der Waals surface area contributed by atoms with E-state index in [9.17, 15) is 9.59 Å². The van der Waals surface area contributed by atoms with Crippen LogP contribution in [0.5, 0.6) is 0 Å². The van der Waals surface area contributed by atoms with Gasteiger partial charge in [0.15, 0.2) is 0 Å². The van der Waals surface area contributed by atoms with Crippen molar-refractivity contribution < 1.29 is 9.59 Å². The van der Waals surface area contributed by atoms with Crippen LogP contribution in [0, 0.1) is 12.8 Å². The zero-order valence-electron chi connectivity index (χ0n) is 16.5. The summed E-state index contributed by atoms with van der Waals surface area (Å²) in [5.41, 5.74) is 2.96. The van der Waals surface area contributed by atoms with E-state index in [0.29, 0.717) is 18.3 Å². The number of anilines is 2. The molecule has 2 heterocycles. The van der Waals surface area contributed by atoms with Gasteiger partial charge in [-0.2, -0.15) is 5.10 Å². The van der Waals surface area contributed by atoms with Gasteiger partial charge in [0.25, 0.3) is 0 Å².